The predicted molar refractivity (Wildman–Crippen MR) is 68.6 cm³/mol. The molecule has 2 N–H and O–H groups in total. The lowest BCUT2D eigenvalue weighted by Crippen LogP contribution is -2.07. The van der Waals surface area contributed by atoms with Crippen LogP contribution in [0.15, 0.2) is 24.3 Å². The molecule has 0 radical (unpaired) electrons. The second kappa shape index (κ2) is 4.93. The highest BCUT2D eigenvalue weighted by atomic mass is 16.4. The second-order valence-corrected chi connectivity index (χ2v) is 4.00. The molecule has 2 rings (SSSR count). The molecule has 6 nitrogen and oxygen atoms in total. The standard InChI is InChI=1S/C14H8O6/c15-5-7-1-3-9(13(17)18)12-10(14(19)20)4-2-8(6-16)11(7)12/h1-6H,(H,17,18)(H,19,20). The minimum Gasteiger partial charge on any atom is -0.478 e. The molecule has 0 bridgehead atoms. The quantitative estimate of drug-likeness (QED) is 0.822. The van der Waals surface area contributed by atoms with Crippen molar-refractivity contribution in [3.63, 3.8) is 0 Å². The average molecular weight is 272 g/mol. The Morgan fingerprint density at radius 1 is 0.750 bits per heavy atom. The molecule has 0 spiro atoms. The van der Waals surface area contributed by atoms with Gasteiger partial charge in [-0.1, -0.05) is 12.1 Å². The largest absolute Gasteiger partial charge is 0.478 e. The van der Waals surface area contributed by atoms with Gasteiger partial charge in [0.25, 0.3) is 0 Å². The van der Waals surface area contributed by atoms with E-state index in [1.165, 1.54) is 12.1 Å². The molecule has 0 atom stereocenters. The summed E-state index contributed by atoms with van der Waals surface area (Å²) in [6.07, 6.45) is 0.902. The summed E-state index contributed by atoms with van der Waals surface area (Å²) in [6.45, 7) is 0. The first-order valence-corrected chi connectivity index (χ1v) is 5.48. The van der Waals surface area contributed by atoms with Crippen LogP contribution in [0.2, 0.25) is 0 Å². The molecule has 2 aromatic rings. The summed E-state index contributed by atoms with van der Waals surface area (Å²) < 4.78 is 0. The third-order valence-corrected chi connectivity index (χ3v) is 2.94. The van der Waals surface area contributed by atoms with Crippen molar-refractivity contribution in [3.05, 3.63) is 46.5 Å². The van der Waals surface area contributed by atoms with Crippen LogP contribution in [0.5, 0.6) is 0 Å². The van der Waals surface area contributed by atoms with Gasteiger partial charge in [0, 0.05) is 21.9 Å². The number of carbonyl (C=O) groups is 4. The molecular weight excluding hydrogens is 264 g/mol. The zero-order valence-corrected chi connectivity index (χ0v) is 9.99. The van der Waals surface area contributed by atoms with E-state index in [9.17, 15) is 19.2 Å². The molecule has 6 heteroatoms. The van der Waals surface area contributed by atoms with Crippen LogP contribution in [0, 0.1) is 0 Å². The normalized spacial score (nSPS) is 10.2. The van der Waals surface area contributed by atoms with Gasteiger partial charge in [0.1, 0.15) is 0 Å². The Hall–Kier alpha value is -3.02. The molecule has 0 aliphatic carbocycles. The van der Waals surface area contributed by atoms with Crippen molar-refractivity contribution >= 4 is 35.3 Å². The molecule has 0 heterocycles. The molecular formula is C14H8O6. The van der Waals surface area contributed by atoms with E-state index in [-0.39, 0.29) is 33.0 Å². The molecule has 100 valence electrons. The van der Waals surface area contributed by atoms with Crippen LogP contribution < -0.4 is 0 Å². The first kappa shape index (κ1) is 13.4. The number of aromatic carboxylic acids is 2. The molecule has 0 saturated heterocycles. The maximum Gasteiger partial charge on any atom is 0.336 e. The summed E-state index contributed by atoms with van der Waals surface area (Å²) in [5, 5.41) is 18.2. The molecule has 0 aliphatic heterocycles. The number of aldehydes is 2. The molecule has 0 fully saturated rings. The van der Waals surface area contributed by atoms with Gasteiger partial charge in [-0.15, -0.1) is 0 Å². The molecule has 20 heavy (non-hydrogen) atoms. The number of hydrogen-bond donors (Lipinski definition) is 2. The molecule has 0 amide bonds. The first-order chi connectivity index (χ1) is 9.51. The van der Waals surface area contributed by atoms with Crippen molar-refractivity contribution in [2.45, 2.75) is 0 Å². The van der Waals surface area contributed by atoms with Crippen LogP contribution in [-0.4, -0.2) is 34.7 Å². The summed E-state index contributed by atoms with van der Waals surface area (Å²) in [4.78, 5) is 44.5. The highest BCUT2D eigenvalue weighted by Gasteiger charge is 2.20. The third kappa shape index (κ3) is 1.93. The lowest BCUT2D eigenvalue weighted by atomic mass is 9.92. The topological polar surface area (TPSA) is 109 Å². The Kier molecular flexibility index (Phi) is 3.30. The summed E-state index contributed by atoms with van der Waals surface area (Å²) in [6, 6.07) is 4.79. The Morgan fingerprint density at radius 2 is 1.15 bits per heavy atom. The van der Waals surface area contributed by atoms with Crippen LogP contribution in [0.25, 0.3) is 10.8 Å². The van der Waals surface area contributed by atoms with E-state index in [4.69, 9.17) is 10.2 Å². The van der Waals surface area contributed by atoms with Gasteiger partial charge in [-0.2, -0.15) is 0 Å². The highest BCUT2D eigenvalue weighted by Crippen LogP contribution is 2.28. The number of carboxylic acid groups (broad SMARTS) is 2. The monoisotopic (exact) mass is 272 g/mol. The summed E-state index contributed by atoms with van der Waals surface area (Å²) in [7, 11) is 0. The third-order valence-electron chi connectivity index (χ3n) is 2.94. The van der Waals surface area contributed by atoms with Crippen LogP contribution in [-0.2, 0) is 0 Å². The maximum absolute atomic E-state index is 11.2. The lowest BCUT2D eigenvalue weighted by molar-refractivity contribution is 0.0695. The second-order valence-electron chi connectivity index (χ2n) is 4.00. The van der Waals surface area contributed by atoms with Gasteiger partial charge in [0.15, 0.2) is 12.6 Å². The van der Waals surface area contributed by atoms with Crippen molar-refractivity contribution < 1.29 is 29.4 Å². The number of fused-ring (bicyclic) bond motifs is 1. The van der Waals surface area contributed by atoms with Crippen molar-refractivity contribution in [1.82, 2.24) is 0 Å². The van der Waals surface area contributed by atoms with E-state index in [0.29, 0.717) is 12.6 Å². The average Bonchev–Trinajstić information content (AvgIpc) is 2.44. The van der Waals surface area contributed by atoms with E-state index in [1.54, 1.807) is 0 Å². The van der Waals surface area contributed by atoms with Crippen molar-refractivity contribution in [3.8, 4) is 0 Å². The minimum absolute atomic E-state index is 0.0369. The van der Waals surface area contributed by atoms with Crippen molar-refractivity contribution in [2.75, 3.05) is 0 Å². The van der Waals surface area contributed by atoms with Crippen LogP contribution in [0.3, 0.4) is 0 Å². The Bertz CT molecular complexity index is 699. The van der Waals surface area contributed by atoms with Gasteiger partial charge >= 0.3 is 11.9 Å². The molecule has 2 aromatic carbocycles. The van der Waals surface area contributed by atoms with E-state index < -0.39 is 11.9 Å². The predicted octanol–water partition coefficient (Wildman–Crippen LogP) is 1.86. The summed E-state index contributed by atoms with van der Waals surface area (Å²) >= 11 is 0. The fraction of sp³-hybridized carbons (Fsp3) is 0. The maximum atomic E-state index is 11.2. The first-order valence-electron chi connectivity index (χ1n) is 5.48. The SMILES string of the molecule is O=Cc1ccc(C(=O)O)c2c(C(=O)O)ccc(C=O)c12. The van der Waals surface area contributed by atoms with Gasteiger partial charge in [-0.25, -0.2) is 9.59 Å². The van der Waals surface area contributed by atoms with Crippen LogP contribution in [0.4, 0.5) is 0 Å². The number of hydrogen-bond acceptors (Lipinski definition) is 4. The molecule has 0 saturated carbocycles. The summed E-state index contributed by atoms with van der Waals surface area (Å²) in [5.74, 6) is -2.67. The fourth-order valence-corrected chi connectivity index (χ4v) is 2.10. The zero-order valence-electron chi connectivity index (χ0n) is 9.99. The van der Waals surface area contributed by atoms with Gasteiger partial charge in [0.2, 0.25) is 0 Å². The molecule has 0 aliphatic rings. The lowest BCUT2D eigenvalue weighted by Gasteiger charge is -2.10. The Labute approximate surface area is 112 Å². The summed E-state index contributed by atoms with van der Waals surface area (Å²) in [5.41, 5.74) is -0.413. The van der Waals surface area contributed by atoms with E-state index in [0.717, 1.165) is 12.1 Å². The van der Waals surface area contributed by atoms with Crippen molar-refractivity contribution in [1.29, 1.82) is 0 Å². The number of carbonyl (C=O) groups excluding carboxylic acids is 2. The number of benzene rings is 2. The number of carboxylic acids is 2. The highest BCUT2D eigenvalue weighted by molar-refractivity contribution is 6.19. The Balaban J connectivity index is 3.13. The Morgan fingerprint density at radius 3 is 1.45 bits per heavy atom. The minimum atomic E-state index is -1.34. The van der Waals surface area contributed by atoms with E-state index >= 15 is 0 Å². The number of rotatable bonds is 4. The van der Waals surface area contributed by atoms with E-state index in [2.05, 4.69) is 0 Å². The zero-order chi connectivity index (χ0) is 14.9. The van der Waals surface area contributed by atoms with Crippen molar-refractivity contribution in [2.24, 2.45) is 0 Å². The van der Waals surface area contributed by atoms with Crippen LogP contribution in [0.1, 0.15) is 41.4 Å². The smallest absolute Gasteiger partial charge is 0.336 e. The van der Waals surface area contributed by atoms with Gasteiger partial charge in [-0.05, 0) is 12.1 Å². The fourth-order valence-electron chi connectivity index (χ4n) is 2.10. The van der Waals surface area contributed by atoms with Gasteiger partial charge in [0.05, 0.1) is 11.1 Å². The van der Waals surface area contributed by atoms with E-state index in [1.807, 2.05) is 0 Å². The van der Waals surface area contributed by atoms with Crippen LogP contribution >= 0.6 is 0 Å². The molecule has 0 unspecified atom stereocenters. The van der Waals surface area contributed by atoms with Gasteiger partial charge in [-0.3, -0.25) is 9.59 Å². The molecule has 0 aromatic heterocycles. The van der Waals surface area contributed by atoms with Gasteiger partial charge < -0.3 is 10.2 Å².